The Bertz CT molecular complexity index is 300. The summed E-state index contributed by atoms with van der Waals surface area (Å²) in [7, 11) is 0. The van der Waals surface area contributed by atoms with E-state index in [1.807, 2.05) is 12.1 Å². The minimum atomic E-state index is -0.0966. The molecule has 0 aliphatic rings. The van der Waals surface area contributed by atoms with Gasteiger partial charge in [0.15, 0.2) is 0 Å². The maximum absolute atomic E-state index is 13.3. The molecule has 1 rings (SSSR count). The fraction of sp³-hybridized carbons (Fsp3) is 0.500. The van der Waals surface area contributed by atoms with Gasteiger partial charge in [-0.1, -0.05) is 12.1 Å². The Morgan fingerprint density at radius 2 is 1.87 bits per heavy atom. The van der Waals surface area contributed by atoms with E-state index in [-0.39, 0.29) is 5.82 Å². The van der Waals surface area contributed by atoms with Crippen molar-refractivity contribution >= 4 is 0 Å². The lowest BCUT2D eigenvalue weighted by Crippen LogP contribution is -2.17. The number of aryl methyl sites for hydroxylation is 2. The third-order valence-corrected chi connectivity index (χ3v) is 2.38. The molecule has 1 aromatic rings. The highest BCUT2D eigenvalue weighted by Gasteiger charge is 2.03. The van der Waals surface area contributed by atoms with E-state index in [2.05, 4.69) is 5.32 Å². The molecule has 1 aromatic carbocycles. The van der Waals surface area contributed by atoms with Crippen molar-refractivity contribution < 1.29 is 4.39 Å². The van der Waals surface area contributed by atoms with Crippen molar-refractivity contribution in [2.75, 3.05) is 13.1 Å². The molecule has 0 unspecified atom stereocenters. The van der Waals surface area contributed by atoms with Gasteiger partial charge < -0.3 is 11.1 Å². The normalized spacial score (nSPS) is 10.7. The van der Waals surface area contributed by atoms with E-state index in [1.54, 1.807) is 13.8 Å². The zero-order valence-electron chi connectivity index (χ0n) is 9.44. The Morgan fingerprint density at radius 1 is 1.27 bits per heavy atom. The molecule has 15 heavy (non-hydrogen) atoms. The van der Waals surface area contributed by atoms with Crippen LogP contribution in [-0.2, 0) is 6.54 Å². The molecule has 0 radical (unpaired) electrons. The fourth-order valence-electron chi connectivity index (χ4n) is 1.60. The van der Waals surface area contributed by atoms with Gasteiger partial charge in [0.05, 0.1) is 0 Å². The average molecular weight is 210 g/mol. The predicted octanol–water partition coefficient (Wildman–Crippen LogP) is 1.88. The number of nitrogens with two attached hydrogens (primary N) is 1. The summed E-state index contributed by atoms with van der Waals surface area (Å²) in [6.45, 7) is 5.99. The van der Waals surface area contributed by atoms with Crippen LogP contribution in [0.4, 0.5) is 4.39 Å². The molecular weight excluding hydrogens is 191 g/mol. The number of halogens is 1. The molecular formula is C12H19FN2. The Labute approximate surface area is 90.7 Å². The van der Waals surface area contributed by atoms with Crippen LogP contribution < -0.4 is 11.1 Å². The molecule has 0 aliphatic carbocycles. The molecule has 0 heterocycles. The van der Waals surface area contributed by atoms with Gasteiger partial charge in [-0.2, -0.15) is 0 Å². The molecule has 0 aromatic heterocycles. The fourth-order valence-corrected chi connectivity index (χ4v) is 1.60. The van der Waals surface area contributed by atoms with Crippen LogP contribution in [0, 0.1) is 19.7 Å². The van der Waals surface area contributed by atoms with Gasteiger partial charge in [0.25, 0.3) is 0 Å². The van der Waals surface area contributed by atoms with Crippen LogP contribution in [0.3, 0.4) is 0 Å². The summed E-state index contributed by atoms with van der Waals surface area (Å²) < 4.78 is 13.3. The van der Waals surface area contributed by atoms with Gasteiger partial charge >= 0.3 is 0 Å². The van der Waals surface area contributed by atoms with E-state index >= 15 is 0 Å². The SMILES string of the molecule is Cc1cc(CNCCCN)cc(C)c1F. The number of nitrogens with one attached hydrogen (secondary N) is 1. The van der Waals surface area contributed by atoms with Crippen LogP contribution in [0.15, 0.2) is 12.1 Å². The van der Waals surface area contributed by atoms with E-state index in [0.29, 0.717) is 17.7 Å². The Morgan fingerprint density at radius 3 is 2.40 bits per heavy atom. The van der Waals surface area contributed by atoms with Crippen molar-refractivity contribution in [2.24, 2.45) is 5.73 Å². The van der Waals surface area contributed by atoms with Gasteiger partial charge in [0.2, 0.25) is 0 Å². The minimum absolute atomic E-state index is 0.0966. The van der Waals surface area contributed by atoms with Crippen molar-refractivity contribution in [1.29, 1.82) is 0 Å². The second-order valence-electron chi connectivity index (χ2n) is 3.86. The zero-order chi connectivity index (χ0) is 11.3. The van der Waals surface area contributed by atoms with Crippen molar-refractivity contribution in [3.8, 4) is 0 Å². The highest BCUT2D eigenvalue weighted by Crippen LogP contribution is 2.14. The predicted molar refractivity (Wildman–Crippen MR) is 61.3 cm³/mol. The van der Waals surface area contributed by atoms with Gasteiger partial charge in [0, 0.05) is 6.54 Å². The van der Waals surface area contributed by atoms with Gasteiger partial charge in [0.1, 0.15) is 5.82 Å². The van der Waals surface area contributed by atoms with Gasteiger partial charge in [-0.25, -0.2) is 4.39 Å². The number of hydrogen-bond acceptors (Lipinski definition) is 2. The maximum Gasteiger partial charge on any atom is 0.129 e. The molecule has 0 saturated heterocycles. The number of benzene rings is 1. The van der Waals surface area contributed by atoms with Crippen molar-refractivity contribution in [3.05, 3.63) is 34.6 Å². The first-order chi connectivity index (χ1) is 7.15. The van der Waals surface area contributed by atoms with Crippen molar-refractivity contribution in [2.45, 2.75) is 26.8 Å². The third kappa shape index (κ3) is 3.61. The Hall–Kier alpha value is -0.930. The lowest BCUT2D eigenvalue weighted by Gasteiger charge is -2.07. The highest BCUT2D eigenvalue weighted by atomic mass is 19.1. The van der Waals surface area contributed by atoms with Gasteiger partial charge in [-0.3, -0.25) is 0 Å². The summed E-state index contributed by atoms with van der Waals surface area (Å²) >= 11 is 0. The van der Waals surface area contributed by atoms with Crippen molar-refractivity contribution in [1.82, 2.24) is 5.32 Å². The first-order valence-corrected chi connectivity index (χ1v) is 5.31. The first kappa shape index (κ1) is 12.1. The molecule has 84 valence electrons. The molecule has 3 heteroatoms. The lowest BCUT2D eigenvalue weighted by molar-refractivity contribution is 0.605. The van der Waals surface area contributed by atoms with E-state index in [1.165, 1.54) is 0 Å². The van der Waals surface area contributed by atoms with E-state index in [0.717, 1.165) is 25.1 Å². The Balaban J connectivity index is 2.55. The van der Waals surface area contributed by atoms with Crippen LogP contribution >= 0.6 is 0 Å². The molecule has 0 atom stereocenters. The van der Waals surface area contributed by atoms with Crippen LogP contribution in [0.25, 0.3) is 0 Å². The minimum Gasteiger partial charge on any atom is -0.330 e. The Kier molecular flexibility index (Phi) is 4.72. The summed E-state index contributed by atoms with van der Waals surface area (Å²) in [5, 5.41) is 3.27. The van der Waals surface area contributed by atoms with Crippen LogP contribution in [0.1, 0.15) is 23.1 Å². The molecule has 0 amide bonds. The summed E-state index contributed by atoms with van der Waals surface area (Å²) in [4.78, 5) is 0. The number of rotatable bonds is 5. The van der Waals surface area contributed by atoms with Gasteiger partial charge in [-0.05, 0) is 50.0 Å². The second kappa shape index (κ2) is 5.83. The van der Waals surface area contributed by atoms with E-state index < -0.39 is 0 Å². The monoisotopic (exact) mass is 210 g/mol. The standard InChI is InChI=1S/C12H19FN2/c1-9-6-11(7-10(2)12(9)13)8-15-5-3-4-14/h6-7,15H,3-5,8,14H2,1-2H3. The van der Waals surface area contributed by atoms with Gasteiger partial charge in [-0.15, -0.1) is 0 Å². The lowest BCUT2D eigenvalue weighted by atomic mass is 10.1. The number of hydrogen-bond donors (Lipinski definition) is 2. The molecule has 0 saturated carbocycles. The summed E-state index contributed by atoms with van der Waals surface area (Å²) in [5.74, 6) is -0.0966. The molecule has 3 N–H and O–H groups in total. The molecule has 2 nitrogen and oxygen atoms in total. The van der Waals surface area contributed by atoms with Crippen molar-refractivity contribution in [3.63, 3.8) is 0 Å². The summed E-state index contributed by atoms with van der Waals surface area (Å²) in [6.07, 6.45) is 0.971. The summed E-state index contributed by atoms with van der Waals surface area (Å²) in [6, 6.07) is 3.77. The highest BCUT2D eigenvalue weighted by molar-refractivity contribution is 5.30. The zero-order valence-corrected chi connectivity index (χ0v) is 9.44. The topological polar surface area (TPSA) is 38.0 Å². The molecule has 0 fully saturated rings. The second-order valence-corrected chi connectivity index (χ2v) is 3.86. The van der Waals surface area contributed by atoms with E-state index in [9.17, 15) is 4.39 Å². The summed E-state index contributed by atoms with van der Waals surface area (Å²) in [5.41, 5.74) is 7.94. The quantitative estimate of drug-likeness (QED) is 0.728. The first-order valence-electron chi connectivity index (χ1n) is 5.31. The van der Waals surface area contributed by atoms with Crippen LogP contribution in [-0.4, -0.2) is 13.1 Å². The maximum atomic E-state index is 13.3. The molecule has 0 bridgehead atoms. The average Bonchev–Trinajstić information content (AvgIpc) is 2.21. The smallest absolute Gasteiger partial charge is 0.129 e. The van der Waals surface area contributed by atoms with Crippen LogP contribution in [0.2, 0.25) is 0 Å². The van der Waals surface area contributed by atoms with Crippen LogP contribution in [0.5, 0.6) is 0 Å². The largest absolute Gasteiger partial charge is 0.330 e. The third-order valence-electron chi connectivity index (χ3n) is 2.38. The van der Waals surface area contributed by atoms with E-state index in [4.69, 9.17) is 5.73 Å². The molecule has 0 aliphatic heterocycles. The molecule has 0 spiro atoms.